The minimum absolute atomic E-state index is 0.0327. The monoisotopic (exact) mass is 416 g/mol. The van der Waals surface area contributed by atoms with Gasteiger partial charge in [-0.15, -0.1) is 0 Å². The van der Waals surface area contributed by atoms with Gasteiger partial charge in [0.25, 0.3) is 0 Å². The van der Waals surface area contributed by atoms with Crippen molar-refractivity contribution in [3.63, 3.8) is 0 Å². The molecule has 29 heavy (non-hydrogen) atoms. The summed E-state index contributed by atoms with van der Waals surface area (Å²) in [5.41, 5.74) is -1.90. The van der Waals surface area contributed by atoms with Crippen molar-refractivity contribution in [3.05, 3.63) is 21.9 Å². The van der Waals surface area contributed by atoms with E-state index in [2.05, 4.69) is 0 Å². The van der Waals surface area contributed by atoms with Gasteiger partial charge in [-0.3, -0.25) is 10.1 Å². The molecule has 0 aliphatic carbocycles. The Hall–Kier alpha value is -2.65. The van der Waals surface area contributed by atoms with Crippen molar-refractivity contribution in [3.8, 4) is 0 Å². The summed E-state index contributed by atoms with van der Waals surface area (Å²) in [6.45, 7) is 11.3. The third-order valence-electron chi connectivity index (χ3n) is 3.38. The Morgan fingerprint density at radius 3 is 1.79 bits per heavy atom. The zero-order chi connectivity index (χ0) is 23.0. The van der Waals surface area contributed by atoms with Crippen molar-refractivity contribution >= 4 is 18.2 Å². The van der Waals surface area contributed by atoms with Gasteiger partial charge in [-0.2, -0.15) is 4.90 Å². The molecule has 0 aliphatic heterocycles. The molecule has 10 nitrogen and oxygen atoms in total. The molecule has 0 N–H and O–H groups in total. The molecule has 0 unspecified atom stereocenters. The van der Waals surface area contributed by atoms with E-state index in [1.165, 1.54) is 6.08 Å². The second-order valence-corrected chi connectivity index (χ2v) is 8.25. The summed E-state index contributed by atoms with van der Waals surface area (Å²) in [5, 5.41) is 10.9. The van der Waals surface area contributed by atoms with Gasteiger partial charge >= 0.3 is 18.2 Å². The summed E-state index contributed by atoms with van der Waals surface area (Å²) < 4.78 is 15.2. The van der Waals surface area contributed by atoms with E-state index in [1.807, 2.05) is 0 Å². The molecule has 0 bridgehead atoms. The van der Waals surface area contributed by atoms with Gasteiger partial charge in [0.2, 0.25) is 5.70 Å². The molecule has 166 valence electrons. The van der Waals surface area contributed by atoms with Gasteiger partial charge in [-0.25, -0.2) is 14.4 Å². The number of esters is 1. The molecule has 0 saturated heterocycles. The lowest BCUT2D eigenvalue weighted by molar-refractivity contribution is -0.427. The first kappa shape index (κ1) is 26.4. The maximum absolute atomic E-state index is 12.7. The van der Waals surface area contributed by atoms with Crippen molar-refractivity contribution in [1.82, 2.24) is 4.90 Å². The average Bonchev–Trinajstić information content (AvgIpc) is 2.52. The number of methoxy groups -OCH3 is 1. The van der Waals surface area contributed by atoms with Crippen molar-refractivity contribution in [2.75, 3.05) is 7.11 Å². The normalized spacial score (nSPS) is 13.3. The lowest BCUT2D eigenvalue weighted by Gasteiger charge is -2.32. The van der Waals surface area contributed by atoms with E-state index in [4.69, 9.17) is 14.2 Å². The van der Waals surface area contributed by atoms with Gasteiger partial charge < -0.3 is 14.2 Å². The van der Waals surface area contributed by atoms with Crippen molar-refractivity contribution in [2.45, 2.75) is 85.0 Å². The molecular weight excluding hydrogens is 384 g/mol. The number of carbonyl (C=O) groups excluding carboxylic acids is 3. The van der Waals surface area contributed by atoms with Gasteiger partial charge in [0.05, 0.1) is 12.0 Å². The van der Waals surface area contributed by atoms with Crippen LogP contribution in [0, 0.1) is 10.1 Å². The van der Waals surface area contributed by atoms with Gasteiger partial charge in [0.15, 0.2) is 0 Å². The number of nitrogens with zero attached hydrogens (tertiary/aromatic N) is 2. The Labute approximate surface area is 171 Å². The van der Waals surface area contributed by atoms with Crippen LogP contribution >= 0.6 is 0 Å². The van der Waals surface area contributed by atoms with Crippen LogP contribution in [-0.2, 0) is 19.0 Å². The van der Waals surface area contributed by atoms with E-state index in [0.717, 1.165) is 7.11 Å². The number of amides is 2. The summed E-state index contributed by atoms with van der Waals surface area (Å²) in [4.78, 5) is 48.7. The van der Waals surface area contributed by atoms with E-state index < -0.39 is 40.3 Å². The summed E-state index contributed by atoms with van der Waals surface area (Å²) in [6.07, 6.45) is -0.642. The molecule has 2 amide bonds. The average molecular weight is 416 g/mol. The molecule has 0 aliphatic rings. The third kappa shape index (κ3) is 9.91. The zero-order valence-corrected chi connectivity index (χ0v) is 18.4. The number of ether oxygens (including phenoxy) is 3. The molecule has 0 spiro atoms. The maximum Gasteiger partial charge on any atom is 0.420 e. The van der Waals surface area contributed by atoms with E-state index in [9.17, 15) is 24.5 Å². The molecule has 0 fully saturated rings. The van der Waals surface area contributed by atoms with Gasteiger partial charge in [-0.05, 0) is 60.5 Å². The molecule has 0 aromatic heterocycles. The van der Waals surface area contributed by atoms with E-state index >= 15 is 0 Å². The molecule has 0 radical (unpaired) electrons. The first-order valence-electron chi connectivity index (χ1n) is 9.29. The number of hydrogen-bond acceptors (Lipinski definition) is 8. The predicted octanol–water partition coefficient (Wildman–Crippen LogP) is 4.05. The minimum atomic E-state index is -1.37. The van der Waals surface area contributed by atoms with Gasteiger partial charge in [-0.1, -0.05) is 6.92 Å². The number of allylic oxidation sites excluding steroid dienone is 2. The molecular formula is C19H32N2O8. The number of carbonyl (C=O) groups is 3. The lowest BCUT2D eigenvalue weighted by atomic mass is 10.1. The Kier molecular flexibility index (Phi) is 9.79. The fourth-order valence-electron chi connectivity index (χ4n) is 2.20. The molecule has 0 rings (SSSR count). The first-order chi connectivity index (χ1) is 13.1. The topological polar surface area (TPSA) is 125 Å². The maximum atomic E-state index is 12.7. The molecule has 0 aromatic carbocycles. The Morgan fingerprint density at radius 1 is 1.03 bits per heavy atom. The smallest absolute Gasteiger partial charge is 0.420 e. The van der Waals surface area contributed by atoms with Crippen LogP contribution < -0.4 is 0 Å². The highest BCUT2D eigenvalue weighted by Gasteiger charge is 2.40. The lowest BCUT2D eigenvalue weighted by Crippen LogP contribution is -2.52. The zero-order valence-electron chi connectivity index (χ0n) is 18.4. The Morgan fingerprint density at radius 2 is 1.48 bits per heavy atom. The Balaban J connectivity index is 5.89. The van der Waals surface area contributed by atoms with Crippen LogP contribution in [0.15, 0.2) is 11.8 Å². The van der Waals surface area contributed by atoms with Gasteiger partial charge in [0, 0.05) is 6.42 Å². The minimum Gasteiger partial charge on any atom is -0.467 e. The number of hydrogen-bond donors (Lipinski definition) is 0. The van der Waals surface area contributed by atoms with Gasteiger partial charge in [0.1, 0.15) is 17.2 Å². The fraction of sp³-hybridized carbons (Fsp3) is 0.737. The van der Waals surface area contributed by atoms with Crippen LogP contribution in [-0.4, -0.2) is 52.3 Å². The highest BCUT2D eigenvalue weighted by Crippen LogP contribution is 2.20. The van der Waals surface area contributed by atoms with Crippen molar-refractivity contribution in [2.24, 2.45) is 0 Å². The first-order valence-corrected chi connectivity index (χ1v) is 9.29. The van der Waals surface area contributed by atoms with Crippen LogP contribution in [0.3, 0.4) is 0 Å². The van der Waals surface area contributed by atoms with Crippen LogP contribution in [0.25, 0.3) is 0 Å². The second-order valence-electron chi connectivity index (χ2n) is 8.25. The Bertz CT molecular complexity index is 616. The molecule has 0 aromatic rings. The van der Waals surface area contributed by atoms with E-state index in [-0.39, 0.29) is 25.0 Å². The highest BCUT2D eigenvalue weighted by atomic mass is 16.6. The van der Waals surface area contributed by atoms with E-state index in [0.29, 0.717) is 4.90 Å². The summed E-state index contributed by atoms with van der Waals surface area (Å²) >= 11 is 0. The molecule has 10 heteroatoms. The predicted molar refractivity (Wildman–Crippen MR) is 105 cm³/mol. The summed E-state index contributed by atoms with van der Waals surface area (Å²) in [7, 11) is 1.11. The van der Waals surface area contributed by atoms with E-state index in [1.54, 1.807) is 48.5 Å². The highest BCUT2D eigenvalue weighted by molar-refractivity contribution is 5.94. The molecule has 0 heterocycles. The summed E-state index contributed by atoms with van der Waals surface area (Å²) in [5.74, 6) is -0.866. The van der Waals surface area contributed by atoms with Crippen LogP contribution in [0.4, 0.5) is 9.59 Å². The fourth-order valence-corrected chi connectivity index (χ4v) is 2.20. The van der Waals surface area contributed by atoms with Crippen LogP contribution in [0.1, 0.15) is 67.7 Å². The second kappa shape index (κ2) is 10.8. The molecule has 0 saturated carbocycles. The van der Waals surface area contributed by atoms with Crippen molar-refractivity contribution in [1.29, 1.82) is 0 Å². The SMILES string of the molecule is CC/C(=C\CC[C@@H](C(=O)OC)N(C(=O)OC(C)(C)C)C(=O)OC(C)(C)C)[N+](=O)[O-]. The number of rotatable bonds is 7. The van der Waals surface area contributed by atoms with Crippen LogP contribution in [0.2, 0.25) is 0 Å². The quantitative estimate of drug-likeness (QED) is 0.263. The largest absolute Gasteiger partial charge is 0.467 e. The van der Waals surface area contributed by atoms with Crippen molar-refractivity contribution < 1.29 is 33.5 Å². The summed E-state index contributed by atoms with van der Waals surface area (Å²) in [6, 6.07) is -1.37. The third-order valence-corrected chi connectivity index (χ3v) is 3.38. The standard InChI is InChI=1S/C19H32N2O8/c1-9-13(21(25)26)11-10-12-14(15(22)27-8)20(16(23)28-18(2,3)4)17(24)29-19(5,6)7/h11,14H,9-10,12H2,1-8H3/b13-11+/t14-/m0/s1. The number of nitro groups is 1. The molecule has 1 atom stereocenters. The van der Waals surface area contributed by atoms with Crippen LogP contribution in [0.5, 0.6) is 0 Å². The number of imide groups is 1.